The van der Waals surface area contributed by atoms with E-state index in [1.807, 2.05) is 31.4 Å². The zero-order chi connectivity index (χ0) is 13.6. The molecule has 0 unspecified atom stereocenters. The molecule has 1 aliphatic rings. The van der Waals surface area contributed by atoms with E-state index in [4.69, 9.17) is 9.47 Å². The van der Waals surface area contributed by atoms with Crippen LogP contribution in [0.2, 0.25) is 0 Å². The molecule has 0 spiro atoms. The molecule has 1 rings (SSSR count). The quantitative estimate of drug-likeness (QED) is 0.738. The highest BCUT2D eigenvalue weighted by Gasteiger charge is 2.23. The molecule has 0 saturated carbocycles. The summed E-state index contributed by atoms with van der Waals surface area (Å²) in [4.78, 5) is 0. The molecule has 0 aromatic rings. The van der Waals surface area contributed by atoms with Gasteiger partial charge in [-0.1, -0.05) is 39.0 Å². The van der Waals surface area contributed by atoms with E-state index < -0.39 is 0 Å². The maximum atomic E-state index is 5.75. The molecule has 0 aromatic heterocycles. The van der Waals surface area contributed by atoms with E-state index in [-0.39, 0.29) is 5.41 Å². The van der Waals surface area contributed by atoms with Crippen LogP contribution in [0.5, 0.6) is 0 Å². The lowest BCUT2D eigenvalue weighted by molar-refractivity contribution is 0.231. The minimum absolute atomic E-state index is 0.137. The molecule has 2 heteroatoms. The zero-order valence-electron chi connectivity index (χ0n) is 12.1. The lowest BCUT2D eigenvalue weighted by atomic mass is 9.82. The van der Waals surface area contributed by atoms with Crippen molar-refractivity contribution in [1.29, 1.82) is 0 Å². The Morgan fingerprint density at radius 2 is 2.11 bits per heavy atom. The minimum Gasteiger partial charge on any atom is -0.465 e. The minimum atomic E-state index is 0.137. The van der Waals surface area contributed by atoms with Gasteiger partial charge in [-0.2, -0.15) is 0 Å². The van der Waals surface area contributed by atoms with Gasteiger partial charge in [0.1, 0.15) is 5.76 Å². The van der Waals surface area contributed by atoms with Crippen LogP contribution < -0.4 is 0 Å². The SMILES string of the molecule is C\C=C/C=C1/OC=C(C(C)(C)C)C/C1=C/COC. The Morgan fingerprint density at radius 3 is 2.67 bits per heavy atom. The first-order chi connectivity index (χ1) is 8.49. The van der Waals surface area contributed by atoms with Crippen LogP contribution in [0.3, 0.4) is 0 Å². The van der Waals surface area contributed by atoms with Gasteiger partial charge in [-0.25, -0.2) is 0 Å². The summed E-state index contributed by atoms with van der Waals surface area (Å²) < 4.78 is 10.9. The molecule has 2 nitrogen and oxygen atoms in total. The molecule has 0 aliphatic carbocycles. The molecular weight excluding hydrogens is 224 g/mol. The van der Waals surface area contributed by atoms with Crippen LogP contribution >= 0.6 is 0 Å². The van der Waals surface area contributed by atoms with Gasteiger partial charge in [0, 0.05) is 13.5 Å². The lowest BCUT2D eigenvalue weighted by Gasteiger charge is -2.28. The van der Waals surface area contributed by atoms with E-state index in [1.54, 1.807) is 7.11 Å². The highest BCUT2D eigenvalue weighted by Crippen LogP contribution is 2.36. The number of hydrogen-bond acceptors (Lipinski definition) is 2. The first-order valence-electron chi connectivity index (χ1n) is 6.36. The monoisotopic (exact) mass is 248 g/mol. The summed E-state index contributed by atoms with van der Waals surface area (Å²) >= 11 is 0. The zero-order valence-corrected chi connectivity index (χ0v) is 12.1. The summed E-state index contributed by atoms with van der Waals surface area (Å²) in [6, 6.07) is 0. The molecular formula is C16H24O2. The summed E-state index contributed by atoms with van der Waals surface area (Å²) in [5, 5.41) is 0. The van der Waals surface area contributed by atoms with E-state index in [9.17, 15) is 0 Å². The smallest absolute Gasteiger partial charge is 0.129 e. The summed E-state index contributed by atoms with van der Waals surface area (Å²) in [5.41, 5.74) is 2.64. The Labute approximate surface area is 111 Å². The predicted molar refractivity (Wildman–Crippen MR) is 76.1 cm³/mol. The Bertz CT molecular complexity index is 390. The molecule has 0 fully saturated rings. The van der Waals surface area contributed by atoms with E-state index in [0.29, 0.717) is 6.61 Å². The highest BCUT2D eigenvalue weighted by molar-refractivity contribution is 5.37. The second-order valence-electron chi connectivity index (χ2n) is 5.43. The Hall–Kier alpha value is -1.28. The van der Waals surface area contributed by atoms with Gasteiger partial charge < -0.3 is 9.47 Å². The van der Waals surface area contributed by atoms with Crippen molar-refractivity contribution in [3.8, 4) is 0 Å². The fourth-order valence-corrected chi connectivity index (χ4v) is 1.67. The molecule has 0 saturated heterocycles. The van der Waals surface area contributed by atoms with Gasteiger partial charge in [-0.05, 0) is 29.6 Å². The summed E-state index contributed by atoms with van der Waals surface area (Å²) in [5.74, 6) is 0.915. The third kappa shape index (κ3) is 4.19. The maximum Gasteiger partial charge on any atom is 0.129 e. The fraction of sp³-hybridized carbons (Fsp3) is 0.500. The van der Waals surface area contributed by atoms with Crippen LogP contribution in [0, 0.1) is 5.41 Å². The predicted octanol–water partition coefficient (Wildman–Crippen LogP) is 4.37. The number of allylic oxidation sites excluding steroid dienone is 5. The Morgan fingerprint density at radius 1 is 1.39 bits per heavy atom. The molecule has 0 amide bonds. The van der Waals surface area contributed by atoms with Crippen molar-refractivity contribution in [2.75, 3.05) is 13.7 Å². The molecule has 1 aliphatic heterocycles. The first kappa shape index (κ1) is 14.8. The summed E-state index contributed by atoms with van der Waals surface area (Å²) in [7, 11) is 1.70. The normalized spacial score (nSPS) is 21.5. The average molecular weight is 248 g/mol. The lowest BCUT2D eigenvalue weighted by Crippen LogP contribution is -2.15. The van der Waals surface area contributed by atoms with Crippen LogP contribution in [-0.4, -0.2) is 13.7 Å². The van der Waals surface area contributed by atoms with E-state index in [0.717, 1.165) is 12.2 Å². The third-order valence-corrected chi connectivity index (χ3v) is 2.93. The molecule has 1 heterocycles. The first-order valence-corrected chi connectivity index (χ1v) is 6.36. The van der Waals surface area contributed by atoms with Crippen molar-refractivity contribution in [3.05, 3.63) is 47.5 Å². The Kier molecular flexibility index (Phi) is 5.42. The van der Waals surface area contributed by atoms with Gasteiger partial charge >= 0.3 is 0 Å². The van der Waals surface area contributed by atoms with E-state index >= 15 is 0 Å². The van der Waals surface area contributed by atoms with Crippen molar-refractivity contribution in [2.24, 2.45) is 5.41 Å². The number of methoxy groups -OCH3 is 1. The van der Waals surface area contributed by atoms with Crippen LogP contribution in [0.15, 0.2) is 47.5 Å². The summed E-state index contributed by atoms with van der Waals surface area (Å²) in [6.45, 7) is 9.22. The number of ether oxygens (including phenoxy) is 2. The van der Waals surface area contributed by atoms with Crippen molar-refractivity contribution >= 4 is 0 Å². The van der Waals surface area contributed by atoms with Gasteiger partial charge in [-0.3, -0.25) is 0 Å². The van der Waals surface area contributed by atoms with Gasteiger partial charge in [-0.15, -0.1) is 0 Å². The van der Waals surface area contributed by atoms with Gasteiger partial charge in [0.25, 0.3) is 0 Å². The molecule has 18 heavy (non-hydrogen) atoms. The Balaban J connectivity index is 2.98. The maximum absolute atomic E-state index is 5.75. The second-order valence-corrected chi connectivity index (χ2v) is 5.43. The molecule has 0 bridgehead atoms. The van der Waals surface area contributed by atoms with Gasteiger partial charge in [0.15, 0.2) is 0 Å². The van der Waals surface area contributed by atoms with Crippen LogP contribution in [0.25, 0.3) is 0 Å². The number of hydrogen-bond donors (Lipinski definition) is 0. The van der Waals surface area contributed by atoms with Crippen molar-refractivity contribution in [2.45, 2.75) is 34.1 Å². The average Bonchev–Trinajstić information content (AvgIpc) is 2.33. The molecule has 0 aromatic carbocycles. The van der Waals surface area contributed by atoms with Crippen LogP contribution in [0.1, 0.15) is 34.1 Å². The van der Waals surface area contributed by atoms with Crippen molar-refractivity contribution in [3.63, 3.8) is 0 Å². The second kappa shape index (κ2) is 6.60. The van der Waals surface area contributed by atoms with Gasteiger partial charge in [0.2, 0.25) is 0 Å². The largest absolute Gasteiger partial charge is 0.465 e. The summed E-state index contributed by atoms with van der Waals surface area (Å²) in [6.07, 6.45) is 10.9. The molecule has 0 N–H and O–H groups in total. The highest BCUT2D eigenvalue weighted by atomic mass is 16.5. The van der Waals surface area contributed by atoms with Crippen LogP contribution in [-0.2, 0) is 9.47 Å². The van der Waals surface area contributed by atoms with E-state index in [2.05, 4.69) is 26.8 Å². The van der Waals surface area contributed by atoms with Crippen molar-refractivity contribution < 1.29 is 9.47 Å². The fourth-order valence-electron chi connectivity index (χ4n) is 1.67. The van der Waals surface area contributed by atoms with Crippen molar-refractivity contribution in [1.82, 2.24) is 0 Å². The third-order valence-electron chi connectivity index (χ3n) is 2.93. The standard InChI is InChI=1S/C16H24O2/c1-6-7-8-15-13(9-10-17-5)11-14(12-18-15)16(2,3)4/h6-9,12H,10-11H2,1-5H3/b7-6-,13-9-,15-8+. The van der Waals surface area contributed by atoms with Gasteiger partial charge in [0.05, 0.1) is 12.9 Å². The number of rotatable bonds is 3. The molecule has 100 valence electrons. The van der Waals surface area contributed by atoms with Crippen LogP contribution in [0.4, 0.5) is 0 Å². The molecule has 0 atom stereocenters. The molecule has 0 radical (unpaired) electrons. The van der Waals surface area contributed by atoms with E-state index in [1.165, 1.54) is 11.1 Å². The topological polar surface area (TPSA) is 18.5 Å².